The van der Waals surface area contributed by atoms with Crippen molar-refractivity contribution in [3.8, 4) is 5.75 Å². The molecular formula is C27H35NO9S. The van der Waals surface area contributed by atoms with Crippen LogP contribution in [-0.2, 0) is 19.4 Å². The molecular weight excluding hydrogens is 514 g/mol. The van der Waals surface area contributed by atoms with E-state index in [0.717, 1.165) is 18.4 Å². The van der Waals surface area contributed by atoms with E-state index in [-0.39, 0.29) is 16.4 Å². The summed E-state index contributed by atoms with van der Waals surface area (Å²) in [6.07, 6.45) is -5.89. The molecule has 2 aliphatic heterocycles. The van der Waals surface area contributed by atoms with E-state index in [0.29, 0.717) is 18.4 Å². The number of benzene rings is 2. The maximum Gasteiger partial charge on any atom is 0.335 e. The van der Waals surface area contributed by atoms with Crippen molar-refractivity contribution < 1.29 is 43.1 Å². The molecule has 2 aromatic rings. The van der Waals surface area contributed by atoms with Crippen LogP contribution in [0.3, 0.4) is 0 Å². The quantitative estimate of drug-likeness (QED) is 0.328. The van der Waals surface area contributed by atoms with E-state index in [1.165, 1.54) is 12.1 Å². The average molecular weight is 550 g/mol. The monoisotopic (exact) mass is 549 g/mol. The van der Waals surface area contributed by atoms with Crippen molar-refractivity contribution in [2.45, 2.75) is 86.7 Å². The van der Waals surface area contributed by atoms with Crippen LogP contribution < -0.4 is 10.1 Å². The maximum atomic E-state index is 13.8. The lowest BCUT2D eigenvalue weighted by molar-refractivity contribution is -0.271. The number of sulfone groups is 1. The predicted octanol–water partition coefficient (Wildman–Crippen LogP) is 1.76. The van der Waals surface area contributed by atoms with E-state index in [4.69, 9.17) is 9.47 Å². The molecule has 0 bridgehead atoms. The highest BCUT2D eigenvalue weighted by Crippen LogP contribution is 2.40. The van der Waals surface area contributed by atoms with Gasteiger partial charge in [-0.15, -0.1) is 0 Å². The third kappa shape index (κ3) is 5.58. The molecule has 0 aromatic heterocycles. The Morgan fingerprint density at radius 1 is 1.08 bits per heavy atom. The Labute approximate surface area is 222 Å². The molecule has 1 unspecified atom stereocenters. The molecule has 208 valence electrons. The smallest absolute Gasteiger partial charge is 0.335 e. The summed E-state index contributed by atoms with van der Waals surface area (Å²) in [6, 6.07) is 13.6. The number of unbranched alkanes of at least 4 members (excludes halogenated alkanes) is 1. The van der Waals surface area contributed by atoms with E-state index >= 15 is 0 Å². The van der Waals surface area contributed by atoms with Gasteiger partial charge in [-0.1, -0.05) is 63.1 Å². The molecule has 10 nitrogen and oxygen atoms in total. The molecule has 2 heterocycles. The minimum Gasteiger partial charge on any atom is -0.479 e. The van der Waals surface area contributed by atoms with E-state index in [9.17, 15) is 33.6 Å². The number of ether oxygens (including phenoxy) is 2. The highest BCUT2D eigenvalue weighted by Gasteiger charge is 2.48. The van der Waals surface area contributed by atoms with Crippen LogP contribution in [0.25, 0.3) is 0 Å². The molecule has 0 spiro atoms. The van der Waals surface area contributed by atoms with Crippen LogP contribution in [0, 0.1) is 0 Å². The van der Waals surface area contributed by atoms with Crippen LogP contribution in [-0.4, -0.2) is 76.8 Å². The largest absolute Gasteiger partial charge is 0.479 e. The van der Waals surface area contributed by atoms with Gasteiger partial charge in [-0.2, -0.15) is 0 Å². The van der Waals surface area contributed by atoms with Gasteiger partial charge in [0.2, 0.25) is 6.29 Å². The van der Waals surface area contributed by atoms with Crippen LogP contribution in [0.1, 0.15) is 56.7 Å². The molecule has 4 rings (SSSR count). The topological polar surface area (TPSA) is 163 Å². The van der Waals surface area contributed by atoms with Crippen LogP contribution in [0.2, 0.25) is 0 Å². The summed E-state index contributed by atoms with van der Waals surface area (Å²) < 4.78 is 38.5. The molecule has 7 atom stereocenters. The number of aliphatic hydroxyl groups excluding tert-OH is 3. The molecule has 1 saturated heterocycles. The second-order valence-electron chi connectivity index (χ2n) is 10.0. The normalized spacial score (nSPS) is 32.7. The number of aliphatic carboxylic acids is 1. The van der Waals surface area contributed by atoms with E-state index in [1.54, 1.807) is 6.07 Å². The van der Waals surface area contributed by atoms with Gasteiger partial charge < -0.3 is 29.9 Å². The first-order valence-electron chi connectivity index (χ1n) is 12.8. The zero-order valence-electron chi connectivity index (χ0n) is 21.4. The Balaban J connectivity index is 1.75. The van der Waals surface area contributed by atoms with Gasteiger partial charge in [-0.05, 0) is 36.1 Å². The van der Waals surface area contributed by atoms with E-state index in [2.05, 4.69) is 12.2 Å². The molecule has 2 aliphatic rings. The zero-order chi connectivity index (χ0) is 27.7. The lowest BCUT2D eigenvalue weighted by atomic mass is 9.88. The second-order valence-corrected chi connectivity index (χ2v) is 12.0. The second kappa shape index (κ2) is 11.3. The molecule has 0 amide bonds. The summed E-state index contributed by atoms with van der Waals surface area (Å²) in [5.74, 6) is -1.65. The molecule has 0 radical (unpaired) electrons. The number of carboxylic acid groups (broad SMARTS) is 1. The van der Waals surface area contributed by atoms with Crippen molar-refractivity contribution in [2.24, 2.45) is 0 Å². The Kier molecular flexibility index (Phi) is 8.46. The molecule has 0 aliphatic carbocycles. The fraction of sp³-hybridized carbons (Fsp3) is 0.519. The van der Waals surface area contributed by atoms with Gasteiger partial charge >= 0.3 is 5.97 Å². The van der Waals surface area contributed by atoms with Crippen LogP contribution in [0.15, 0.2) is 53.4 Å². The van der Waals surface area contributed by atoms with Gasteiger partial charge in [0.05, 0.1) is 16.7 Å². The summed E-state index contributed by atoms with van der Waals surface area (Å²) >= 11 is 0. The fourth-order valence-electron chi connectivity index (χ4n) is 5.20. The third-order valence-electron chi connectivity index (χ3n) is 7.43. The number of rotatable bonds is 8. The highest BCUT2D eigenvalue weighted by molar-refractivity contribution is 7.91. The van der Waals surface area contributed by atoms with Crippen molar-refractivity contribution >= 4 is 15.8 Å². The lowest BCUT2D eigenvalue weighted by Gasteiger charge is -2.38. The maximum absolute atomic E-state index is 13.8. The Morgan fingerprint density at radius 2 is 1.79 bits per heavy atom. The molecule has 1 fully saturated rings. The SMILES string of the molecule is CCCC[C@]1(CC)CS(=O)(=O)c2cc(O[C@@H]3OC(C(=O)O)[C@@H](O)[C@H](O)[C@H]3O)ccc2[C@@H](c2ccccc2)N1. The minimum atomic E-state index is -3.82. The standard InChI is InChI=1S/C27H35NO9S/c1-3-5-13-27(4-2)15-38(34,35)19-14-17(11-12-18(19)20(28-27)16-9-7-6-8-10-16)36-26-23(31)21(29)22(30)24(37-26)25(32)33/h6-12,14,20-24,26,28-31H,3-5,13,15H2,1-2H3,(H,32,33)/t20-,21+,22+,23-,24?,26-,27-/m1/s1. The number of hydrogen-bond acceptors (Lipinski definition) is 9. The Bertz CT molecular complexity index is 1240. The molecule has 2 aromatic carbocycles. The first-order valence-corrected chi connectivity index (χ1v) is 14.5. The number of aliphatic hydroxyl groups is 3. The van der Waals surface area contributed by atoms with Gasteiger partial charge in [0.15, 0.2) is 15.9 Å². The van der Waals surface area contributed by atoms with E-state index in [1.807, 2.05) is 37.3 Å². The fourth-order valence-corrected chi connectivity index (χ4v) is 7.35. The lowest BCUT2D eigenvalue weighted by Crippen LogP contribution is -2.61. The number of carboxylic acids is 1. The van der Waals surface area contributed by atoms with Crippen LogP contribution >= 0.6 is 0 Å². The highest BCUT2D eigenvalue weighted by atomic mass is 32.2. The summed E-state index contributed by atoms with van der Waals surface area (Å²) in [5.41, 5.74) is 0.785. The third-order valence-corrected chi connectivity index (χ3v) is 9.39. The summed E-state index contributed by atoms with van der Waals surface area (Å²) in [6.45, 7) is 4.04. The Morgan fingerprint density at radius 3 is 2.42 bits per heavy atom. The first-order chi connectivity index (χ1) is 18.0. The zero-order valence-corrected chi connectivity index (χ0v) is 22.2. The van der Waals surface area contributed by atoms with E-state index < -0.39 is 58.1 Å². The van der Waals surface area contributed by atoms with Crippen molar-refractivity contribution in [1.82, 2.24) is 5.32 Å². The predicted molar refractivity (Wildman–Crippen MR) is 137 cm³/mol. The minimum absolute atomic E-state index is 0.00784. The van der Waals surface area contributed by atoms with Crippen LogP contribution in [0.4, 0.5) is 0 Å². The molecule has 5 N–H and O–H groups in total. The van der Waals surface area contributed by atoms with Gasteiger partial charge in [-0.25, -0.2) is 13.2 Å². The van der Waals surface area contributed by atoms with Gasteiger partial charge in [0, 0.05) is 5.54 Å². The average Bonchev–Trinajstić information content (AvgIpc) is 3.00. The summed E-state index contributed by atoms with van der Waals surface area (Å²) in [7, 11) is -3.82. The molecule has 0 saturated carbocycles. The number of fused-ring (bicyclic) bond motifs is 1. The van der Waals surface area contributed by atoms with Crippen molar-refractivity contribution in [2.75, 3.05) is 5.75 Å². The molecule has 38 heavy (non-hydrogen) atoms. The number of hydrogen-bond donors (Lipinski definition) is 5. The number of nitrogens with one attached hydrogen (secondary N) is 1. The summed E-state index contributed by atoms with van der Waals surface area (Å²) in [5, 5.41) is 43.4. The van der Waals surface area contributed by atoms with Gasteiger partial charge in [-0.3, -0.25) is 5.32 Å². The van der Waals surface area contributed by atoms with Gasteiger partial charge in [0.25, 0.3) is 0 Å². The Hall–Kier alpha value is -2.54. The van der Waals surface area contributed by atoms with Crippen molar-refractivity contribution in [1.29, 1.82) is 0 Å². The molecule has 11 heteroatoms. The van der Waals surface area contributed by atoms with Crippen molar-refractivity contribution in [3.05, 3.63) is 59.7 Å². The number of carbonyl (C=O) groups is 1. The first kappa shape index (κ1) is 28.5. The summed E-state index contributed by atoms with van der Waals surface area (Å²) in [4.78, 5) is 11.5. The van der Waals surface area contributed by atoms with Crippen LogP contribution in [0.5, 0.6) is 5.75 Å². The van der Waals surface area contributed by atoms with Crippen molar-refractivity contribution in [3.63, 3.8) is 0 Å². The van der Waals surface area contributed by atoms with Gasteiger partial charge in [0.1, 0.15) is 24.1 Å².